The highest BCUT2D eigenvalue weighted by Gasteiger charge is 2.37. The number of halogens is 6. The largest absolute Gasteiger partial charge is 0.477 e. The van der Waals surface area contributed by atoms with E-state index in [2.05, 4.69) is 10.1 Å². The number of carboxylic acid groups (broad SMARTS) is 1. The fourth-order valence-electron chi connectivity index (χ4n) is 4.20. The first-order valence-electron chi connectivity index (χ1n) is 9.86. The van der Waals surface area contributed by atoms with E-state index in [0.717, 1.165) is 31.7 Å². The predicted molar refractivity (Wildman–Crippen MR) is 101 cm³/mol. The molecule has 2 aromatic heterocycles. The SMILES string of the molecule is O=C(O)c1cnn2c(C3CCCCC3)c(-c3cc(C(F)(F)F)cc(C(F)(F)F)c3)cnc12. The highest BCUT2D eigenvalue weighted by molar-refractivity contribution is 5.94. The standard InChI is InChI=1S/C21H17F6N3O2/c22-20(23,24)13-6-12(7-14(8-13)21(25,26)27)15-9-28-18-16(19(31)32)10-29-30(18)17(15)11-4-2-1-3-5-11/h6-11H,1-5H2,(H,31,32). The van der Waals surface area contributed by atoms with Crippen LogP contribution < -0.4 is 0 Å². The molecule has 0 radical (unpaired) electrons. The van der Waals surface area contributed by atoms with E-state index >= 15 is 0 Å². The smallest absolute Gasteiger partial charge is 0.416 e. The lowest BCUT2D eigenvalue weighted by atomic mass is 9.83. The van der Waals surface area contributed by atoms with E-state index in [1.54, 1.807) is 0 Å². The van der Waals surface area contributed by atoms with Crippen LogP contribution in [-0.4, -0.2) is 25.7 Å². The summed E-state index contributed by atoms with van der Waals surface area (Å²) in [6, 6.07) is 1.39. The molecule has 4 rings (SSSR count). The highest BCUT2D eigenvalue weighted by atomic mass is 19.4. The lowest BCUT2D eigenvalue weighted by Gasteiger charge is -2.25. The van der Waals surface area contributed by atoms with Gasteiger partial charge in [0.1, 0.15) is 5.56 Å². The Morgan fingerprint density at radius 3 is 2.06 bits per heavy atom. The Kier molecular flexibility index (Phi) is 5.38. The molecule has 3 aromatic rings. The van der Waals surface area contributed by atoms with Crippen molar-refractivity contribution >= 4 is 11.6 Å². The van der Waals surface area contributed by atoms with E-state index in [1.807, 2.05) is 0 Å². The summed E-state index contributed by atoms with van der Waals surface area (Å²) in [6.07, 6.45) is -3.83. The summed E-state index contributed by atoms with van der Waals surface area (Å²) in [7, 11) is 0. The molecule has 0 saturated heterocycles. The van der Waals surface area contributed by atoms with Gasteiger partial charge in [-0.3, -0.25) is 0 Å². The van der Waals surface area contributed by atoms with Crippen molar-refractivity contribution in [1.29, 1.82) is 0 Å². The van der Waals surface area contributed by atoms with Gasteiger partial charge in [0.15, 0.2) is 5.65 Å². The van der Waals surface area contributed by atoms with Crippen LogP contribution in [0.1, 0.15) is 65.2 Å². The molecular formula is C21H17F6N3O2. The molecule has 32 heavy (non-hydrogen) atoms. The van der Waals surface area contributed by atoms with E-state index < -0.39 is 29.4 Å². The number of aromatic nitrogens is 3. The summed E-state index contributed by atoms with van der Waals surface area (Å²) in [4.78, 5) is 15.5. The van der Waals surface area contributed by atoms with Crippen LogP contribution in [0.2, 0.25) is 0 Å². The van der Waals surface area contributed by atoms with Crippen LogP contribution in [0.15, 0.2) is 30.6 Å². The number of rotatable bonds is 3. The number of benzene rings is 1. The second kappa shape index (κ2) is 7.79. The number of nitrogens with zero attached hydrogens (tertiary/aromatic N) is 3. The van der Waals surface area contributed by atoms with E-state index in [9.17, 15) is 36.2 Å². The third-order valence-electron chi connectivity index (χ3n) is 5.68. The molecule has 1 aliphatic rings. The number of hydrogen-bond donors (Lipinski definition) is 1. The van der Waals surface area contributed by atoms with Crippen molar-refractivity contribution in [3.63, 3.8) is 0 Å². The Morgan fingerprint density at radius 1 is 0.938 bits per heavy atom. The van der Waals surface area contributed by atoms with Crippen LogP contribution in [-0.2, 0) is 12.4 Å². The molecular weight excluding hydrogens is 440 g/mol. The van der Waals surface area contributed by atoms with Crippen LogP contribution in [0.3, 0.4) is 0 Å². The maximum atomic E-state index is 13.4. The fourth-order valence-corrected chi connectivity index (χ4v) is 4.20. The number of fused-ring (bicyclic) bond motifs is 1. The summed E-state index contributed by atoms with van der Waals surface area (Å²) in [5.74, 6) is -1.50. The van der Waals surface area contributed by atoms with Gasteiger partial charge in [-0.1, -0.05) is 19.3 Å². The molecule has 11 heteroatoms. The van der Waals surface area contributed by atoms with Crippen molar-refractivity contribution in [1.82, 2.24) is 14.6 Å². The second-order valence-corrected chi connectivity index (χ2v) is 7.79. The molecule has 0 aliphatic heterocycles. The number of hydrogen-bond acceptors (Lipinski definition) is 3. The molecule has 0 spiro atoms. The monoisotopic (exact) mass is 457 g/mol. The molecule has 1 aromatic carbocycles. The summed E-state index contributed by atoms with van der Waals surface area (Å²) in [5, 5.41) is 13.4. The molecule has 5 nitrogen and oxygen atoms in total. The number of carbonyl (C=O) groups is 1. The Labute approximate surface area is 177 Å². The van der Waals surface area contributed by atoms with Gasteiger partial charge in [-0.2, -0.15) is 31.4 Å². The lowest BCUT2D eigenvalue weighted by Crippen LogP contribution is -2.14. The third-order valence-corrected chi connectivity index (χ3v) is 5.68. The minimum atomic E-state index is -4.99. The Morgan fingerprint density at radius 2 is 1.53 bits per heavy atom. The predicted octanol–water partition coefficient (Wildman–Crippen LogP) is 6.18. The van der Waals surface area contributed by atoms with E-state index in [0.29, 0.717) is 30.7 Å². The first-order valence-corrected chi connectivity index (χ1v) is 9.86. The quantitative estimate of drug-likeness (QED) is 0.477. The van der Waals surface area contributed by atoms with Gasteiger partial charge >= 0.3 is 18.3 Å². The molecule has 170 valence electrons. The third kappa shape index (κ3) is 4.03. The minimum Gasteiger partial charge on any atom is -0.477 e. The van der Waals surface area contributed by atoms with Gasteiger partial charge in [-0.25, -0.2) is 14.3 Å². The van der Waals surface area contributed by atoms with Crippen LogP contribution in [0, 0.1) is 0 Å². The minimum absolute atomic E-state index is 0.00940. The zero-order valence-corrected chi connectivity index (χ0v) is 16.5. The van der Waals surface area contributed by atoms with Crippen molar-refractivity contribution in [2.45, 2.75) is 50.4 Å². The Balaban J connectivity index is 2.01. The van der Waals surface area contributed by atoms with E-state index in [-0.39, 0.29) is 34.3 Å². The van der Waals surface area contributed by atoms with Gasteiger partial charge in [0.2, 0.25) is 0 Å². The van der Waals surface area contributed by atoms with Gasteiger partial charge in [-0.05, 0) is 36.6 Å². The molecule has 0 atom stereocenters. The van der Waals surface area contributed by atoms with Crippen molar-refractivity contribution in [3.05, 3.63) is 53.0 Å². The van der Waals surface area contributed by atoms with Gasteiger partial charge in [0, 0.05) is 17.7 Å². The van der Waals surface area contributed by atoms with Crippen LogP contribution in [0.4, 0.5) is 26.3 Å². The Bertz CT molecular complexity index is 1140. The number of alkyl halides is 6. The maximum absolute atomic E-state index is 13.4. The van der Waals surface area contributed by atoms with E-state index in [4.69, 9.17) is 0 Å². The average molecular weight is 457 g/mol. The first kappa shape index (κ1) is 22.1. The highest BCUT2D eigenvalue weighted by Crippen LogP contribution is 2.42. The number of aromatic carboxylic acids is 1. The normalized spacial score (nSPS) is 15.9. The number of carboxylic acids is 1. The summed E-state index contributed by atoms with van der Waals surface area (Å²) < 4.78 is 81.6. The van der Waals surface area contributed by atoms with E-state index in [1.165, 1.54) is 4.52 Å². The molecule has 1 fully saturated rings. The average Bonchev–Trinajstić information content (AvgIpc) is 3.16. The lowest BCUT2D eigenvalue weighted by molar-refractivity contribution is -0.143. The van der Waals surface area contributed by atoms with Gasteiger partial charge in [0.05, 0.1) is 23.0 Å². The Hall–Kier alpha value is -3.11. The topological polar surface area (TPSA) is 67.5 Å². The summed E-state index contributed by atoms with van der Waals surface area (Å²) >= 11 is 0. The molecule has 1 N–H and O–H groups in total. The van der Waals surface area contributed by atoms with Gasteiger partial charge in [-0.15, -0.1) is 0 Å². The zero-order valence-electron chi connectivity index (χ0n) is 16.5. The fraction of sp³-hybridized carbons (Fsp3) is 0.381. The van der Waals surface area contributed by atoms with Crippen molar-refractivity contribution in [2.24, 2.45) is 0 Å². The van der Waals surface area contributed by atoms with Crippen LogP contribution >= 0.6 is 0 Å². The summed E-state index contributed by atoms with van der Waals surface area (Å²) in [6.45, 7) is 0. The molecule has 2 heterocycles. The zero-order chi connectivity index (χ0) is 23.3. The molecule has 0 amide bonds. The first-order chi connectivity index (χ1) is 15.0. The molecule has 0 bridgehead atoms. The van der Waals surface area contributed by atoms with Crippen LogP contribution in [0.5, 0.6) is 0 Å². The van der Waals surface area contributed by atoms with Gasteiger partial charge < -0.3 is 5.11 Å². The van der Waals surface area contributed by atoms with Crippen LogP contribution in [0.25, 0.3) is 16.8 Å². The van der Waals surface area contributed by atoms with Gasteiger partial charge in [0.25, 0.3) is 0 Å². The molecule has 1 aliphatic carbocycles. The van der Waals surface area contributed by atoms with Crippen molar-refractivity contribution in [3.8, 4) is 11.1 Å². The second-order valence-electron chi connectivity index (χ2n) is 7.79. The summed E-state index contributed by atoms with van der Waals surface area (Å²) in [5.41, 5.74) is -2.92. The maximum Gasteiger partial charge on any atom is 0.416 e. The molecule has 1 saturated carbocycles. The van der Waals surface area contributed by atoms with Crippen molar-refractivity contribution < 1.29 is 36.2 Å². The van der Waals surface area contributed by atoms with Crippen molar-refractivity contribution in [2.75, 3.05) is 0 Å². The molecule has 0 unspecified atom stereocenters.